The van der Waals surface area contributed by atoms with Crippen molar-refractivity contribution < 1.29 is 28.7 Å². The number of nitrogens with one attached hydrogen (secondary N) is 3. The minimum Gasteiger partial charge on any atom is -0.460 e. The molecule has 0 bridgehead atoms. The Morgan fingerprint density at radius 1 is 1.15 bits per heavy atom. The molecule has 0 saturated heterocycles. The second-order valence-electron chi connectivity index (χ2n) is 9.65. The van der Waals surface area contributed by atoms with Crippen molar-refractivity contribution in [3.63, 3.8) is 0 Å². The number of esters is 1. The highest BCUT2D eigenvalue weighted by atomic mass is 16.6. The molecule has 1 rings (SSSR count). The highest BCUT2D eigenvalue weighted by Gasteiger charge is 2.25. The zero-order valence-electron chi connectivity index (χ0n) is 23.2. The SMILES string of the molecule is CCC=C[C@H](NC(=O)OC(C)(C)C)C(=O)N[C@@H](CCN=[N+]=[N-])CC(=O)NN(C)CC(=O)OCc1ccccc1. The van der Waals surface area contributed by atoms with Gasteiger partial charge in [0.05, 0.1) is 0 Å². The van der Waals surface area contributed by atoms with Crippen LogP contribution in [0.5, 0.6) is 0 Å². The van der Waals surface area contributed by atoms with E-state index in [1.54, 1.807) is 26.8 Å². The fourth-order valence-corrected chi connectivity index (χ4v) is 3.18. The van der Waals surface area contributed by atoms with Crippen molar-refractivity contribution in [3.8, 4) is 0 Å². The summed E-state index contributed by atoms with van der Waals surface area (Å²) in [5, 5.41) is 9.99. The highest BCUT2D eigenvalue weighted by molar-refractivity contribution is 5.88. The van der Waals surface area contributed by atoms with Gasteiger partial charge in [-0.15, -0.1) is 0 Å². The number of nitrogens with zero attached hydrogens (tertiary/aromatic N) is 4. The van der Waals surface area contributed by atoms with Crippen LogP contribution >= 0.6 is 0 Å². The van der Waals surface area contributed by atoms with E-state index < -0.39 is 41.6 Å². The quantitative estimate of drug-likeness (QED) is 0.0757. The third kappa shape index (κ3) is 15.7. The van der Waals surface area contributed by atoms with Gasteiger partial charge in [-0.05, 0) is 44.7 Å². The molecule has 0 saturated carbocycles. The smallest absolute Gasteiger partial charge is 0.408 e. The first-order valence-corrected chi connectivity index (χ1v) is 12.6. The van der Waals surface area contributed by atoms with Crippen LogP contribution in [-0.4, -0.2) is 66.7 Å². The topological polar surface area (TPSA) is 175 Å². The summed E-state index contributed by atoms with van der Waals surface area (Å²) in [4.78, 5) is 52.7. The molecule has 39 heavy (non-hydrogen) atoms. The molecule has 3 amide bonds. The summed E-state index contributed by atoms with van der Waals surface area (Å²) in [5.41, 5.74) is 11.3. The van der Waals surface area contributed by atoms with Crippen molar-refractivity contribution in [2.45, 2.75) is 71.2 Å². The normalized spacial score (nSPS) is 12.7. The number of hydrazine groups is 1. The van der Waals surface area contributed by atoms with E-state index in [4.69, 9.17) is 15.0 Å². The number of benzene rings is 1. The number of likely N-dealkylation sites (N-methyl/N-ethyl adjacent to an activating group) is 1. The molecule has 0 aromatic heterocycles. The molecule has 13 heteroatoms. The molecule has 0 unspecified atom stereocenters. The van der Waals surface area contributed by atoms with E-state index in [0.29, 0.717) is 6.42 Å². The Bertz CT molecular complexity index is 1020. The Labute approximate surface area is 228 Å². The van der Waals surface area contributed by atoms with Crippen molar-refractivity contribution in [3.05, 3.63) is 58.5 Å². The van der Waals surface area contributed by atoms with Crippen molar-refractivity contribution >= 4 is 23.9 Å². The summed E-state index contributed by atoms with van der Waals surface area (Å²) in [7, 11) is 1.51. The number of allylic oxidation sites excluding steroid dienone is 1. The predicted octanol–water partition coefficient (Wildman–Crippen LogP) is 3.13. The second-order valence-corrected chi connectivity index (χ2v) is 9.65. The zero-order chi connectivity index (χ0) is 29.3. The van der Waals surface area contributed by atoms with Gasteiger partial charge in [0.25, 0.3) is 0 Å². The van der Waals surface area contributed by atoms with E-state index in [0.717, 1.165) is 5.56 Å². The van der Waals surface area contributed by atoms with Crippen molar-refractivity contribution in [1.82, 2.24) is 21.1 Å². The standard InChI is InChI=1S/C26H39N7O6/c1-6-7-13-21(30-25(37)39-26(2,3)4)24(36)29-20(14-15-28-32-27)16-22(34)31-33(5)17-23(35)38-18-19-11-9-8-10-12-19/h7-13,20-21H,6,14-18H2,1-5H3,(H,29,36)(H,30,37)(H,31,34)/t20-,21-/m0/s1. The number of carbonyl (C=O) groups is 4. The van der Waals surface area contributed by atoms with E-state index >= 15 is 0 Å². The van der Waals surface area contributed by atoms with E-state index in [2.05, 4.69) is 26.1 Å². The molecule has 214 valence electrons. The lowest BCUT2D eigenvalue weighted by Crippen LogP contribution is -2.51. The van der Waals surface area contributed by atoms with Crippen LogP contribution in [0, 0.1) is 0 Å². The average molecular weight is 546 g/mol. The van der Waals surface area contributed by atoms with Crippen LogP contribution in [0.1, 0.15) is 52.5 Å². The Kier molecular flexibility index (Phi) is 14.7. The third-order valence-corrected chi connectivity index (χ3v) is 4.86. The minimum absolute atomic E-state index is 0.0331. The van der Waals surface area contributed by atoms with Gasteiger partial charge >= 0.3 is 12.1 Å². The number of rotatable bonds is 15. The molecular weight excluding hydrogens is 506 g/mol. The van der Waals surface area contributed by atoms with E-state index in [1.165, 1.54) is 18.1 Å². The first-order chi connectivity index (χ1) is 18.4. The molecule has 0 aliphatic heterocycles. The zero-order valence-corrected chi connectivity index (χ0v) is 23.2. The molecule has 0 aliphatic carbocycles. The summed E-state index contributed by atoms with van der Waals surface area (Å²) < 4.78 is 10.5. The number of alkyl carbamates (subject to hydrolysis) is 1. The number of hydrogen-bond acceptors (Lipinski definition) is 8. The van der Waals surface area contributed by atoms with Crippen LogP contribution < -0.4 is 16.1 Å². The summed E-state index contributed by atoms with van der Waals surface area (Å²) in [6, 6.07) is 7.41. The number of ether oxygens (including phenoxy) is 2. The second kappa shape index (κ2) is 17.4. The molecule has 13 nitrogen and oxygen atoms in total. The van der Waals surface area contributed by atoms with Crippen molar-refractivity contribution in [2.75, 3.05) is 20.1 Å². The van der Waals surface area contributed by atoms with Gasteiger partial charge in [-0.2, -0.15) is 0 Å². The maximum Gasteiger partial charge on any atom is 0.408 e. The molecule has 2 atom stereocenters. The fraction of sp³-hybridized carbons (Fsp3) is 0.538. The summed E-state index contributed by atoms with van der Waals surface area (Å²) in [5.74, 6) is -1.59. The Morgan fingerprint density at radius 3 is 2.46 bits per heavy atom. The van der Waals surface area contributed by atoms with Gasteiger partial charge in [0.2, 0.25) is 11.8 Å². The van der Waals surface area contributed by atoms with Gasteiger partial charge in [0, 0.05) is 31.0 Å². The molecular formula is C26H39N7O6. The monoisotopic (exact) mass is 545 g/mol. The van der Waals surface area contributed by atoms with Gasteiger partial charge in [-0.3, -0.25) is 19.8 Å². The largest absolute Gasteiger partial charge is 0.460 e. The number of hydrogen-bond donors (Lipinski definition) is 3. The maximum absolute atomic E-state index is 13.0. The van der Waals surface area contributed by atoms with Crippen molar-refractivity contribution in [1.29, 1.82) is 0 Å². The molecule has 1 aromatic rings. The van der Waals surface area contributed by atoms with Crippen LogP contribution in [-0.2, 0) is 30.5 Å². The lowest BCUT2D eigenvalue weighted by atomic mass is 10.1. The molecule has 0 spiro atoms. The Balaban J connectivity index is 2.73. The Morgan fingerprint density at radius 2 is 1.85 bits per heavy atom. The van der Waals surface area contributed by atoms with Gasteiger partial charge in [0.15, 0.2) is 0 Å². The molecule has 0 radical (unpaired) electrons. The molecule has 3 N–H and O–H groups in total. The Hall–Kier alpha value is -4.09. The lowest BCUT2D eigenvalue weighted by molar-refractivity contribution is -0.147. The van der Waals surface area contributed by atoms with Gasteiger partial charge < -0.3 is 20.1 Å². The highest BCUT2D eigenvalue weighted by Crippen LogP contribution is 2.08. The fourth-order valence-electron chi connectivity index (χ4n) is 3.18. The first kappa shape index (κ1) is 32.9. The van der Waals surface area contributed by atoms with Crippen LogP contribution in [0.15, 0.2) is 47.6 Å². The van der Waals surface area contributed by atoms with E-state index in [9.17, 15) is 19.2 Å². The third-order valence-electron chi connectivity index (χ3n) is 4.86. The van der Waals surface area contributed by atoms with Gasteiger partial charge in [-0.25, -0.2) is 9.80 Å². The molecule has 0 heterocycles. The lowest BCUT2D eigenvalue weighted by Gasteiger charge is -2.24. The molecule has 0 aliphatic rings. The average Bonchev–Trinajstić information content (AvgIpc) is 2.84. The molecule has 0 fully saturated rings. The number of amides is 3. The van der Waals surface area contributed by atoms with Crippen molar-refractivity contribution in [2.24, 2.45) is 5.11 Å². The summed E-state index contributed by atoms with van der Waals surface area (Å²) in [6.07, 6.45) is 3.10. The van der Waals surface area contributed by atoms with Crippen LogP contribution in [0.3, 0.4) is 0 Å². The minimum atomic E-state index is -1.05. The first-order valence-electron chi connectivity index (χ1n) is 12.6. The number of azide groups is 1. The molecule has 1 aromatic carbocycles. The van der Waals surface area contributed by atoms with Crippen LogP contribution in [0.4, 0.5) is 4.79 Å². The predicted molar refractivity (Wildman–Crippen MR) is 145 cm³/mol. The van der Waals surface area contributed by atoms with Gasteiger partial charge in [-0.1, -0.05) is 54.5 Å². The summed E-state index contributed by atoms with van der Waals surface area (Å²) >= 11 is 0. The van der Waals surface area contributed by atoms with E-state index in [-0.39, 0.29) is 32.5 Å². The van der Waals surface area contributed by atoms with Crippen LogP contribution in [0.25, 0.3) is 10.4 Å². The number of carbonyl (C=O) groups excluding carboxylic acids is 4. The van der Waals surface area contributed by atoms with Gasteiger partial charge in [0.1, 0.15) is 24.8 Å². The van der Waals surface area contributed by atoms with Crippen LogP contribution in [0.2, 0.25) is 0 Å². The van der Waals surface area contributed by atoms with E-state index in [1.807, 2.05) is 37.3 Å². The maximum atomic E-state index is 13.0. The summed E-state index contributed by atoms with van der Waals surface area (Å²) in [6.45, 7) is 6.93.